The van der Waals surface area contributed by atoms with Crippen molar-refractivity contribution in [3.63, 3.8) is 0 Å². The quantitative estimate of drug-likeness (QED) is 0.843. The van der Waals surface area contributed by atoms with Crippen molar-refractivity contribution in [1.29, 1.82) is 0 Å². The van der Waals surface area contributed by atoms with Crippen molar-refractivity contribution in [3.05, 3.63) is 34.6 Å². The van der Waals surface area contributed by atoms with Gasteiger partial charge in [0, 0.05) is 16.4 Å². The average Bonchev–Trinajstić information content (AvgIpc) is 2.28. The molecule has 94 valence electrons. The topological polar surface area (TPSA) is 29.1 Å². The number of alkyl halides is 1. The lowest BCUT2D eigenvalue weighted by Gasteiger charge is -2.14. The molecule has 1 unspecified atom stereocenters. The molecule has 1 N–H and O–H groups in total. The number of benzene rings is 1. The van der Waals surface area contributed by atoms with Crippen LogP contribution in [-0.4, -0.2) is 17.3 Å². The van der Waals surface area contributed by atoms with Crippen molar-refractivity contribution >= 4 is 33.4 Å². The highest BCUT2D eigenvalue weighted by molar-refractivity contribution is 9.09. The smallest absolute Gasteiger partial charge is 0.254 e. The van der Waals surface area contributed by atoms with Crippen LogP contribution < -0.4 is 5.32 Å². The van der Waals surface area contributed by atoms with Crippen LogP contribution in [0.15, 0.2) is 18.2 Å². The second-order valence-corrected chi connectivity index (χ2v) is 5.71. The Labute approximate surface area is 114 Å². The summed E-state index contributed by atoms with van der Waals surface area (Å²) in [6.07, 6.45) is 0. The van der Waals surface area contributed by atoms with E-state index in [0.717, 1.165) is 0 Å². The minimum atomic E-state index is -0.567. The molecule has 0 saturated carbocycles. The minimum absolute atomic E-state index is 0.0269. The largest absolute Gasteiger partial charge is 0.351 e. The fraction of sp³-hybridized carbons (Fsp3) is 0.417. The highest BCUT2D eigenvalue weighted by Crippen LogP contribution is 2.15. The summed E-state index contributed by atoms with van der Waals surface area (Å²) in [7, 11) is 0. The molecule has 0 spiro atoms. The van der Waals surface area contributed by atoms with Crippen LogP contribution in [-0.2, 0) is 0 Å². The van der Waals surface area contributed by atoms with Gasteiger partial charge in [0.25, 0.3) is 5.91 Å². The number of nitrogens with one attached hydrogen (secondary N) is 1. The Bertz CT molecular complexity index is 411. The standard InChI is InChI=1S/C12H14BrClFNO/c1-7(2)10(13)6-16-12(17)9-5-8(14)3-4-11(9)15/h3-5,7,10H,6H2,1-2H3,(H,16,17). The van der Waals surface area contributed by atoms with Gasteiger partial charge >= 0.3 is 0 Å². The Hall–Kier alpha value is -0.610. The SMILES string of the molecule is CC(C)C(Br)CNC(=O)c1cc(Cl)ccc1F. The van der Waals surface area contributed by atoms with Gasteiger partial charge in [0.1, 0.15) is 5.82 Å². The van der Waals surface area contributed by atoms with Gasteiger partial charge in [-0.25, -0.2) is 4.39 Å². The van der Waals surface area contributed by atoms with Gasteiger partial charge in [-0.1, -0.05) is 41.4 Å². The molecule has 0 bridgehead atoms. The second-order valence-electron chi connectivity index (χ2n) is 4.09. The van der Waals surface area contributed by atoms with Crippen LogP contribution in [0.25, 0.3) is 0 Å². The first-order valence-electron chi connectivity index (χ1n) is 5.29. The van der Waals surface area contributed by atoms with E-state index in [-0.39, 0.29) is 10.4 Å². The molecule has 0 aliphatic carbocycles. The fourth-order valence-corrected chi connectivity index (χ4v) is 1.53. The normalized spacial score (nSPS) is 12.6. The third-order valence-electron chi connectivity index (χ3n) is 2.35. The Morgan fingerprint density at radius 1 is 1.53 bits per heavy atom. The molecule has 5 heteroatoms. The summed E-state index contributed by atoms with van der Waals surface area (Å²) in [5.74, 6) is -0.628. The van der Waals surface area contributed by atoms with Crippen molar-refractivity contribution in [1.82, 2.24) is 5.32 Å². The summed E-state index contributed by atoms with van der Waals surface area (Å²) < 4.78 is 13.4. The first-order chi connectivity index (χ1) is 7.91. The van der Waals surface area contributed by atoms with Crippen LogP contribution in [0.4, 0.5) is 4.39 Å². The molecule has 0 aromatic heterocycles. The highest BCUT2D eigenvalue weighted by atomic mass is 79.9. The maximum atomic E-state index is 13.4. The van der Waals surface area contributed by atoms with Crippen molar-refractivity contribution in [2.75, 3.05) is 6.54 Å². The van der Waals surface area contributed by atoms with Gasteiger partial charge in [0.2, 0.25) is 0 Å². The van der Waals surface area contributed by atoms with E-state index in [1.165, 1.54) is 18.2 Å². The summed E-state index contributed by atoms with van der Waals surface area (Å²) in [6, 6.07) is 3.92. The van der Waals surface area contributed by atoms with E-state index in [2.05, 4.69) is 21.2 Å². The zero-order valence-electron chi connectivity index (χ0n) is 9.64. The molecule has 1 amide bonds. The van der Waals surface area contributed by atoms with E-state index >= 15 is 0 Å². The summed E-state index contributed by atoms with van der Waals surface area (Å²) in [6.45, 7) is 4.51. The number of hydrogen-bond donors (Lipinski definition) is 1. The Morgan fingerprint density at radius 3 is 2.76 bits per heavy atom. The molecule has 0 aliphatic heterocycles. The number of carbonyl (C=O) groups excluding carboxylic acids is 1. The van der Waals surface area contributed by atoms with Crippen LogP contribution in [0, 0.1) is 11.7 Å². The second kappa shape index (κ2) is 6.36. The van der Waals surface area contributed by atoms with Crippen molar-refractivity contribution in [2.24, 2.45) is 5.92 Å². The van der Waals surface area contributed by atoms with Crippen LogP contribution in [0.1, 0.15) is 24.2 Å². The third kappa shape index (κ3) is 4.28. The van der Waals surface area contributed by atoms with Crippen LogP contribution in [0.5, 0.6) is 0 Å². The predicted octanol–water partition coefficient (Wildman–Crippen LogP) is 3.63. The summed E-state index contributed by atoms with van der Waals surface area (Å²) >= 11 is 9.16. The number of amides is 1. The lowest BCUT2D eigenvalue weighted by atomic mass is 10.1. The zero-order chi connectivity index (χ0) is 13.0. The van der Waals surface area contributed by atoms with Crippen LogP contribution in [0.3, 0.4) is 0 Å². The lowest BCUT2D eigenvalue weighted by Crippen LogP contribution is -2.32. The van der Waals surface area contributed by atoms with Gasteiger partial charge in [-0.15, -0.1) is 0 Å². The maximum absolute atomic E-state index is 13.4. The number of carbonyl (C=O) groups is 1. The Kier molecular flexibility index (Phi) is 5.40. The van der Waals surface area contributed by atoms with Gasteiger partial charge in [-0.2, -0.15) is 0 Å². The number of halogens is 3. The number of rotatable bonds is 4. The van der Waals surface area contributed by atoms with Crippen molar-refractivity contribution < 1.29 is 9.18 Å². The van der Waals surface area contributed by atoms with E-state index in [1.54, 1.807) is 0 Å². The molecule has 1 aromatic rings. The Morgan fingerprint density at radius 2 is 2.18 bits per heavy atom. The molecular formula is C12H14BrClFNO. The van der Waals surface area contributed by atoms with Crippen LogP contribution >= 0.6 is 27.5 Å². The average molecular weight is 323 g/mol. The third-order valence-corrected chi connectivity index (χ3v) is 3.97. The minimum Gasteiger partial charge on any atom is -0.351 e. The lowest BCUT2D eigenvalue weighted by molar-refractivity contribution is 0.0949. The van der Waals surface area contributed by atoms with Gasteiger partial charge in [-0.3, -0.25) is 4.79 Å². The van der Waals surface area contributed by atoms with Gasteiger partial charge in [-0.05, 0) is 24.1 Å². The number of hydrogen-bond acceptors (Lipinski definition) is 1. The van der Waals surface area contributed by atoms with Gasteiger partial charge in [0.15, 0.2) is 0 Å². The molecule has 1 rings (SSSR count). The van der Waals surface area contributed by atoms with Crippen molar-refractivity contribution in [2.45, 2.75) is 18.7 Å². The molecule has 0 radical (unpaired) electrons. The fourth-order valence-electron chi connectivity index (χ4n) is 1.19. The molecule has 0 heterocycles. The molecule has 0 fully saturated rings. The molecular weight excluding hydrogens is 308 g/mol. The molecule has 1 atom stereocenters. The Balaban J connectivity index is 2.67. The highest BCUT2D eigenvalue weighted by Gasteiger charge is 2.15. The molecule has 0 aliphatic rings. The van der Waals surface area contributed by atoms with Crippen molar-refractivity contribution in [3.8, 4) is 0 Å². The van der Waals surface area contributed by atoms with E-state index in [9.17, 15) is 9.18 Å². The van der Waals surface area contributed by atoms with E-state index in [0.29, 0.717) is 17.5 Å². The molecule has 2 nitrogen and oxygen atoms in total. The van der Waals surface area contributed by atoms with Crippen LogP contribution in [0.2, 0.25) is 5.02 Å². The maximum Gasteiger partial charge on any atom is 0.254 e. The molecule has 1 aromatic carbocycles. The molecule has 17 heavy (non-hydrogen) atoms. The summed E-state index contributed by atoms with van der Waals surface area (Å²) in [5, 5.41) is 3.01. The van der Waals surface area contributed by atoms with E-state index in [1.807, 2.05) is 13.8 Å². The van der Waals surface area contributed by atoms with Gasteiger partial charge in [0.05, 0.1) is 5.56 Å². The summed E-state index contributed by atoms with van der Waals surface area (Å²) in [4.78, 5) is 11.9. The molecule has 0 saturated heterocycles. The monoisotopic (exact) mass is 321 g/mol. The summed E-state index contributed by atoms with van der Waals surface area (Å²) in [5.41, 5.74) is -0.0269. The first kappa shape index (κ1) is 14.5. The predicted molar refractivity (Wildman–Crippen MR) is 71.3 cm³/mol. The zero-order valence-corrected chi connectivity index (χ0v) is 12.0. The van der Waals surface area contributed by atoms with E-state index < -0.39 is 11.7 Å². The first-order valence-corrected chi connectivity index (χ1v) is 6.58. The van der Waals surface area contributed by atoms with Gasteiger partial charge < -0.3 is 5.32 Å². The van der Waals surface area contributed by atoms with E-state index in [4.69, 9.17) is 11.6 Å².